The van der Waals surface area contributed by atoms with Crippen LogP contribution < -0.4 is 5.32 Å². The Morgan fingerprint density at radius 2 is 2.25 bits per heavy atom. The van der Waals surface area contributed by atoms with E-state index in [0.29, 0.717) is 13.0 Å². The predicted molar refractivity (Wildman–Crippen MR) is 58.7 cm³/mol. The van der Waals surface area contributed by atoms with Crippen LogP contribution in [0.4, 0.5) is 0 Å². The first-order valence-electron chi connectivity index (χ1n) is 6.02. The summed E-state index contributed by atoms with van der Waals surface area (Å²) in [6.07, 6.45) is 5.47. The molecule has 16 heavy (non-hydrogen) atoms. The minimum atomic E-state index is -0.130. The molecule has 4 nitrogen and oxygen atoms in total. The number of piperidine rings is 1. The summed E-state index contributed by atoms with van der Waals surface area (Å²) < 4.78 is 4.88. The lowest BCUT2D eigenvalue weighted by Gasteiger charge is -2.44. The molecular weight excluding hydrogens is 206 g/mol. The van der Waals surface area contributed by atoms with Crippen molar-refractivity contribution in [2.24, 2.45) is 11.3 Å². The maximum Gasteiger partial charge on any atom is 0.309 e. The molecule has 0 aromatic heterocycles. The second kappa shape index (κ2) is 4.44. The Balaban J connectivity index is 2.19. The Labute approximate surface area is 95.7 Å². The SMILES string of the molecule is COC(=O)C1CCCCC12CCNC(=O)C2. The van der Waals surface area contributed by atoms with Crippen molar-refractivity contribution in [3.05, 3.63) is 0 Å². The van der Waals surface area contributed by atoms with Crippen molar-refractivity contribution in [2.45, 2.75) is 38.5 Å². The number of amides is 1. The summed E-state index contributed by atoms with van der Waals surface area (Å²) in [4.78, 5) is 23.3. The number of esters is 1. The number of rotatable bonds is 1. The van der Waals surface area contributed by atoms with Crippen molar-refractivity contribution in [2.75, 3.05) is 13.7 Å². The third-order valence-corrected chi connectivity index (χ3v) is 4.10. The van der Waals surface area contributed by atoms with Gasteiger partial charge in [-0.1, -0.05) is 12.8 Å². The van der Waals surface area contributed by atoms with Crippen molar-refractivity contribution >= 4 is 11.9 Å². The van der Waals surface area contributed by atoms with Crippen LogP contribution in [0.25, 0.3) is 0 Å². The number of nitrogens with one attached hydrogen (secondary N) is 1. The van der Waals surface area contributed by atoms with E-state index in [0.717, 1.165) is 32.1 Å². The van der Waals surface area contributed by atoms with Gasteiger partial charge in [-0.25, -0.2) is 0 Å². The molecule has 1 N–H and O–H groups in total. The molecule has 4 heteroatoms. The van der Waals surface area contributed by atoms with Gasteiger partial charge in [0.2, 0.25) is 5.91 Å². The van der Waals surface area contributed by atoms with Crippen LogP contribution >= 0.6 is 0 Å². The minimum absolute atomic E-state index is 0.0719. The van der Waals surface area contributed by atoms with E-state index in [1.807, 2.05) is 0 Å². The minimum Gasteiger partial charge on any atom is -0.469 e. The lowest BCUT2D eigenvalue weighted by Crippen LogP contribution is -2.48. The van der Waals surface area contributed by atoms with Crippen molar-refractivity contribution in [3.8, 4) is 0 Å². The Morgan fingerprint density at radius 3 is 2.94 bits per heavy atom. The normalized spacial score (nSPS) is 34.6. The molecule has 1 aliphatic carbocycles. The number of hydrogen-bond acceptors (Lipinski definition) is 3. The molecule has 1 saturated heterocycles. The van der Waals surface area contributed by atoms with E-state index in [2.05, 4.69) is 5.32 Å². The number of methoxy groups -OCH3 is 1. The summed E-state index contributed by atoms with van der Waals surface area (Å²) in [5.41, 5.74) is -0.117. The molecule has 2 atom stereocenters. The monoisotopic (exact) mass is 225 g/mol. The molecule has 1 saturated carbocycles. The first-order chi connectivity index (χ1) is 7.68. The second-order valence-electron chi connectivity index (χ2n) is 4.96. The number of ether oxygens (including phenoxy) is 1. The Bertz CT molecular complexity index is 299. The maximum absolute atomic E-state index is 11.8. The van der Waals surface area contributed by atoms with Gasteiger partial charge in [-0.15, -0.1) is 0 Å². The van der Waals surface area contributed by atoms with E-state index in [1.54, 1.807) is 0 Å². The quantitative estimate of drug-likeness (QED) is 0.683. The van der Waals surface area contributed by atoms with E-state index < -0.39 is 0 Å². The first kappa shape index (κ1) is 11.4. The molecule has 90 valence electrons. The predicted octanol–water partition coefficient (Wildman–Crippen LogP) is 1.25. The topological polar surface area (TPSA) is 55.4 Å². The van der Waals surface area contributed by atoms with E-state index in [-0.39, 0.29) is 23.2 Å². The highest BCUT2D eigenvalue weighted by molar-refractivity contribution is 5.80. The zero-order valence-electron chi connectivity index (χ0n) is 9.75. The second-order valence-corrected chi connectivity index (χ2v) is 4.96. The fourth-order valence-corrected chi connectivity index (χ4v) is 3.25. The number of carbonyl (C=O) groups is 2. The van der Waals surface area contributed by atoms with Crippen LogP contribution in [0.3, 0.4) is 0 Å². The van der Waals surface area contributed by atoms with Crippen LogP contribution in [-0.4, -0.2) is 25.5 Å². The zero-order valence-corrected chi connectivity index (χ0v) is 9.75. The molecule has 0 bridgehead atoms. The molecule has 0 aromatic rings. The van der Waals surface area contributed by atoms with Gasteiger partial charge in [0.25, 0.3) is 0 Å². The Hall–Kier alpha value is -1.06. The summed E-state index contributed by atoms with van der Waals surface area (Å²) in [6, 6.07) is 0. The molecule has 2 rings (SSSR count). The molecule has 1 aliphatic heterocycles. The van der Waals surface area contributed by atoms with Crippen LogP contribution in [0.2, 0.25) is 0 Å². The fourth-order valence-electron chi connectivity index (χ4n) is 3.25. The average molecular weight is 225 g/mol. The van der Waals surface area contributed by atoms with Crippen LogP contribution in [0.1, 0.15) is 38.5 Å². The summed E-state index contributed by atoms with van der Waals surface area (Å²) in [7, 11) is 1.44. The molecule has 0 aromatic carbocycles. The van der Waals surface area contributed by atoms with Crippen molar-refractivity contribution in [1.82, 2.24) is 5.32 Å². The molecule has 1 heterocycles. The van der Waals surface area contributed by atoms with Gasteiger partial charge in [0.1, 0.15) is 0 Å². The summed E-state index contributed by atoms with van der Waals surface area (Å²) >= 11 is 0. The molecule has 2 fully saturated rings. The highest BCUT2D eigenvalue weighted by atomic mass is 16.5. The fraction of sp³-hybridized carbons (Fsp3) is 0.833. The van der Waals surface area contributed by atoms with Gasteiger partial charge in [-0.2, -0.15) is 0 Å². The molecule has 1 amide bonds. The summed E-state index contributed by atoms with van der Waals surface area (Å²) in [5, 5.41) is 2.84. The standard InChI is InChI=1S/C12H19NO3/c1-16-11(15)9-4-2-3-5-12(9)6-7-13-10(14)8-12/h9H,2-8H2,1H3,(H,13,14). The van der Waals surface area contributed by atoms with Gasteiger partial charge in [-0.3, -0.25) is 9.59 Å². The van der Waals surface area contributed by atoms with E-state index in [1.165, 1.54) is 7.11 Å². The first-order valence-corrected chi connectivity index (χ1v) is 6.02. The summed E-state index contributed by atoms with van der Waals surface area (Å²) in [6.45, 7) is 0.701. The van der Waals surface area contributed by atoms with Gasteiger partial charge in [0.15, 0.2) is 0 Å². The van der Waals surface area contributed by atoms with Crippen molar-refractivity contribution in [3.63, 3.8) is 0 Å². The molecule has 2 aliphatic rings. The third kappa shape index (κ3) is 1.93. The number of hydrogen-bond donors (Lipinski definition) is 1. The number of carbonyl (C=O) groups excluding carboxylic acids is 2. The lowest BCUT2D eigenvalue weighted by molar-refractivity contribution is -0.155. The smallest absolute Gasteiger partial charge is 0.309 e. The molecule has 0 radical (unpaired) electrons. The highest BCUT2D eigenvalue weighted by Gasteiger charge is 2.47. The zero-order chi connectivity index (χ0) is 11.6. The van der Waals surface area contributed by atoms with Gasteiger partial charge in [-0.05, 0) is 24.7 Å². The lowest BCUT2D eigenvalue weighted by atomic mass is 9.61. The van der Waals surface area contributed by atoms with Gasteiger partial charge >= 0.3 is 5.97 Å². The van der Waals surface area contributed by atoms with E-state index in [9.17, 15) is 9.59 Å². The van der Waals surface area contributed by atoms with E-state index in [4.69, 9.17) is 4.74 Å². The van der Waals surface area contributed by atoms with Gasteiger partial charge in [0.05, 0.1) is 13.0 Å². The van der Waals surface area contributed by atoms with Gasteiger partial charge in [0, 0.05) is 13.0 Å². The largest absolute Gasteiger partial charge is 0.469 e. The average Bonchev–Trinajstić information content (AvgIpc) is 2.28. The van der Waals surface area contributed by atoms with E-state index >= 15 is 0 Å². The Morgan fingerprint density at radius 1 is 1.44 bits per heavy atom. The Kier molecular flexibility index (Phi) is 3.17. The van der Waals surface area contributed by atoms with Crippen LogP contribution in [0.5, 0.6) is 0 Å². The van der Waals surface area contributed by atoms with Crippen molar-refractivity contribution in [1.29, 1.82) is 0 Å². The highest BCUT2D eigenvalue weighted by Crippen LogP contribution is 2.48. The maximum atomic E-state index is 11.8. The van der Waals surface area contributed by atoms with Crippen LogP contribution in [0, 0.1) is 11.3 Å². The van der Waals surface area contributed by atoms with Crippen molar-refractivity contribution < 1.29 is 14.3 Å². The van der Waals surface area contributed by atoms with Crippen LogP contribution in [0.15, 0.2) is 0 Å². The van der Waals surface area contributed by atoms with Crippen LogP contribution in [-0.2, 0) is 14.3 Å². The molecular formula is C12H19NO3. The molecule has 2 unspecified atom stereocenters. The molecule has 1 spiro atoms. The van der Waals surface area contributed by atoms with Gasteiger partial charge < -0.3 is 10.1 Å². The summed E-state index contributed by atoms with van der Waals surface area (Å²) in [5.74, 6) is -0.117. The third-order valence-electron chi connectivity index (χ3n) is 4.10.